The monoisotopic (exact) mass is 416 g/mol. The molecule has 0 saturated carbocycles. The minimum Gasteiger partial charge on any atom is -0.454 e. The fraction of sp³-hybridized carbons (Fsp3) is 0.167. The number of nitrogens with one attached hydrogen (secondary N) is 1. The molecule has 2 aliphatic rings. The fourth-order valence-corrected chi connectivity index (χ4v) is 3.79. The number of halogens is 1. The molecule has 3 aromatic carbocycles. The van der Waals surface area contributed by atoms with Gasteiger partial charge in [-0.15, -0.1) is 0 Å². The second kappa shape index (κ2) is 8.10. The topological polar surface area (TPSA) is 57.2 Å². The van der Waals surface area contributed by atoms with Crippen molar-refractivity contribution in [2.75, 3.05) is 31.5 Å². The highest BCUT2D eigenvalue weighted by atomic mass is 19.1. The zero-order valence-electron chi connectivity index (χ0n) is 16.8. The van der Waals surface area contributed by atoms with Crippen LogP contribution in [0.2, 0.25) is 0 Å². The van der Waals surface area contributed by atoms with Gasteiger partial charge in [0.25, 0.3) is 0 Å². The van der Waals surface area contributed by atoms with E-state index in [0.29, 0.717) is 31.9 Å². The zero-order chi connectivity index (χ0) is 21.2. The molecular formula is C24H21FN4O2. The second-order valence-corrected chi connectivity index (χ2v) is 7.39. The quantitative estimate of drug-likeness (QED) is 0.616. The summed E-state index contributed by atoms with van der Waals surface area (Å²) in [7, 11) is 0. The number of carbonyl (C=O) groups excluding carboxylic acids is 1. The second-order valence-electron chi connectivity index (χ2n) is 7.39. The van der Waals surface area contributed by atoms with E-state index < -0.39 is 5.82 Å². The lowest BCUT2D eigenvalue weighted by molar-refractivity contribution is 0.181. The summed E-state index contributed by atoms with van der Waals surface area (Å²) in [5.41, 5.74) is 1.88. The van der Waals surface area contributed by atoms with E-state index in [1.54, 1.807) is 23.1 Å². The number of amidine groups is 1. The molecule has 2 aliphatic heterocycles. The minimum atomic E-state index is -0.447. The molecule has 2 heterocycles. The van der Waals surface area contributed by atoms with Gasteiger partial charge in [-0.05, 0) is 36.4 Å². The number of benzene rings is 3. The third-order valence-electron chi connectivity index (χ3n) is 5.42. The van der Waals surface area contributed by atoms with Gasteiger partial charge in [-0.1, -0.05) is 36.4 Å². The molecule has 0 radical (unpaired) electrons. The molecule has 0 atom stereocenters. The van der Waals surface area contributed by atoms with Crippen LogP contribution < -0.4 is 10.1 Å². The van der Waals surface area contributed by atoms with E-state index in [1.807, 2.05) is 48.5 Å². The van der Waals surface area contributed by atoms with Crippen LogP contribution in [0.15, 0.2) is 77.8 Å². The van der Waals surface area contributed by atoms with Crippen LogP contribution in [0, 0.1) is 5.82 Å². The van der Waals surface area contributed by atoms with Gasteiger partial charge in [0.15, 0.2) is 5.75 Å². The predicted molar refractivity (Wildman–Crippen MR) is 118 cm³/mol. The van der Waals surface area contributed by atoms with Gasteiger partial charge in [0.1, 0.15) is 23.1 Å². The molecule has 6 nitrogen and oxygen atoms in total. The van der Waals surface area contributed by atoms with Crippen molar-refractivity contribution in [3.05, 3.63) is 84.2 Å². The predicted octanol–water partition coefficient (Wildman–Crippen LogP) is 4.86. The standard InChI is InChI=1S/C24H21FN4O2/c25-18-8-2-3-9-19(18)27-24(30)29-15-13-28(14-16-29)23-17-7-1-5-11-21(17)31-22-12-6-4-10-20(22)26-23/h1-12H,13-16H2,(H,27,30). The summed E-state index contributed by atoms with van der Waals surface area (Å²) >= 11 is 0. The van der Waals surface area contributed by atoms with Crippen molar-refractivity contribution in [1.82, 2.24) is 9.80 Å². The van der Waals surface area contributed by atoms with Crippen molar-refractivity contribution in [3.63, 3.8) is 0 Å². The van der Waals surface area contributed by atoms with E-state index >= 15 is 0 Å². The van der Waals surface area contributed by atoms with Crippen molar-refractivity contribution in [2.24, 2.45) is 4.99 Å². The average molecular weight is 416 g/mol. The van der Waals surface area contributed by atoms with Crippen molar-refractivity contribution in [2.45, 2.75) is 0 Å². The van der Waals surface area contributed by atoms with Gasteiger partial charge in [-0.2, -0.15) is 0 Å². The van der Waals surface area contributed by atoms with Crippen molar-refractivity contribution < 1.29 is 13.9 Å². The van der Waals surface area contributed by atoms with Gasteiger partial charge < -0.3 is 19.9 Å². The van der Waals surface area contributed by atoms with E-state index in [0.717, 1.165) is 22.8 Å². The number of nitrogens with zero attached hydrogens (tertiary/aromatic N) is 3. The third-order valence-corrected chi connectivity index (χ3v) is 5.42. The van der Waals surface area contributed by atoms with Crippen LogP contribution in [0.3, 0.4) is 0 Å². The Morgan fingerprint density at radius 3 is 2.35 bits per heavy atom. The average Bonchev–Trinajstić information content (AvgIpc) is 2.97. The minimum absolute atomic E-state index is 0.186. The third kappa shape index (κ3) is 3.82. The fourth-order valence-electron chi connectivity index (χ4n) is 3.79. The highest BCUT2D eigenvalue weighted by Crippen LogP contribution is 2.37. The normalized spacial score (nSPS) is 15.2. The number of amides is 2. The van der Waals surface area contributed by atoms with Crippen LogP contribution in [-0.2, 0) is 0 Å². The molecule has 1 fully saturated rings. The molecule has 5 rings (SSSR count). The maximum atomic E-state index is 13.9. The number of anilines is 1. The zero-order valence-corrected chi connectivity index (χ0v) is 16.8. The highest BCUT2D eigenvalue weighted by molar-refractivity contribution is 6.04. The Hall–Kier alpha value is -3.87. The molecule has 0 unspecified atom stereocenters. The number of rotatable bonds is 1. The molecule has 1 saturated heterocycles. The molecule has 1 N–H and O–H groups in total. The number of urea groups is 1. The summed E-state index contributed by atoms with van der Waals surface area (Å²) in [6.07, 6.45) is 0. The van der Waals surface area contributed by atoms with Crippen molar-refractivity contribution in [1.29, 1.82) is 0 Å². The lowest BCUT2D eigenvalue weighted by atomic mass is 10.1. The molecular weight excluding hydrogens is 395 g/mol. The number of ether oxygens (including phenoxy) is 1. The maximum absolute atomic E-state index is 13.9. The summed E-state index contributed by atoms with van der Waals surface area (Å²) in [4.78, 5) is 21.4. The number of hydrogen-bond donors (Lipinski definition) is 1. The number of carbonyl (C=O) groups is 1. The van der Waals surface area contributed by atoms with Crippen LogP contribution in [-0.4, -0.2) is 47.8 Å². The Bertz CT molecular complexity index is 1160. The largest absolute Gasteiger partial charge is 0.454 e. The van der Waals surface area contributed by atoms with Gasteiger partial charge in [-0.25, -0.2) is 14.2 Å². The lowest BCUT2D eigenvalue weighted by Crippen LogP contribution is -2.51. The number of aliphatic imine (C=N–C) groups is 1. The Labute approximate surface area is 179 Å². The lowest BCUT2D eigenvalue weighted by Gasteiger charge is -2.36. The summed E-state index contributed by atoms with van der Waals surface area (Å²) in [5, 5.41) is 2.66. The summed E-state index contributed by atoms with van der Waals surface area (Å²) in [6, 6.07) is 21.4. The van der Waals surface area contributed by atoms with E-state index in [1.165, 1.54) is 6.07 Å². The first-order valence-corrected chi connectivity index (χ1v) is 10.2. The first-order valence-electron chi connectivity index (χ1n) is 10.2. The number of hydrogen-bond acceptors (Lipinski definition) is 4. The van der Waals surface area contributed by atoms with Crippen LogP contribution >= 0.6 is 0 Å². The SMILES string of the molecule is O=C(Nc1ccccc1F)N1CCN(C2=Nc3ccccc3Oc3ccccc32)CC1. The van der Waals surface area contributed by atoms with Crippen LogP contribution in [0.5, 0.6) is 11.5 Å². The number of piperazine rings is 1. The summed E-state index contributed by atoms with van der Waals surface area (Å²) < 4.78 is 20.0. The van der Waals surface area contributed by atoms with E-state index in [9.17, 15) is 9.18 Å². The smallest absolute Gasteiger partial charge is 0.322 e. The molecule has 31 heavy (non-hydrogen) atoms. The number of para-hydroxylation sites is 4. The summed E-state index contributed by atoms with van der Waals surface area (Å²) in [5.74, 6) is 1.85. The molecule has 2 amide bonds. The Balaban J connectivity index is 1.35. The van der Waals surface area contributed by atoms with Crippen LogP contribution in [0.1, 0.15) is 5.56 Å². The van der Waals surface area contributed by atoms with Crippen LogP contribution in [0.25, 0.3) is 0 Å². The Morgan fingerprint density at radius 2 is 1.55 bits per heavy atom. The van der Waals surface area contributed by atoms with Gasteiger partial charge in [-0.3, -0.25) is 0 Å². The van der Waals surface area contributed by atoms with Gasteiger partial charge in [0, 0.05) is 26.2 Å². The van der Waals surface area contributed by atoms with Gasteiger partial charge in [0.2, 0.25) is 0 Å². The van der Waals surface area contributed by atoms with E-state index in [-0.39, 0.29) is 11.7 Å². The Morgan fingerprint density at radius 1 is 0.871 bits per heavy atom. The van der Waals surface area contributed by atoms with E-state index in [2.05, 4.69) is 10.2 Å². The number of fused-ring (bicyclic) bond motifs is 2. The molecule has 7 heteroatoms. The molecule has 3 aromatic rings. The van der Waals surface area contributed by atoms with Gasteiger partial charge in [0.05, 0.1) is 11.3 Å². The molecule has 0 bridgehead atoms. The van der Waals surface area contributed by atoms with Crippen molar-refractivity contribution in [3.8, 4) is 11.5 Å². The maximum Gasteiger partial charge on any atom is 0.322 e. The molecule has 0 aromatic heterocycles. The first kappa shape index (κ1) is 19.1. The molecule has 156 valence electrons. The van der Waals surface area contributed by atoms with Crippen LogP contribution in [0.4, 0.5) is 20.6 Å². The van der Waals surface area contributed by atoms with E-state index in [4.69, 9.17) is 9.73 Å². The molecule has 0 aliphatic carbocycles. The molecule has 0 spiro atoms. The van der Waals surface area contributed by atoms with Gasteiger partial charge >= 0.3 is 6.03 Å². The summed E-state index contributed by atoms with van der Waals surface area (Å²) in [6.45, 7) is 2.23. The Kier molecular flexibility index (Phi) is 5.00. The van der Waals surface area contributed by atoms with Crippen molar-refractivity contribution >= 4 is 23.2 Å². The first-order chi connectivity index (χ1) is 15.2. The highest BCUT2D eigenvalue weighted by Gasteiger charge is 2.27.